The Kier molecular flexibility index (Phi) is 4.37. The molecule has 5 heteroatoms. The van der Waals surface area contributed by atoms with Crippen LogP contribution < -0.4 is 10.9 Å². The highest BCUT2D eigenvalue weighted by Crippen LogP contribution is 2.08. The normalized spacial score (nSPS) is 10.5. The van der Waals surface area contributed by atoms with Crippen molar-refractivity contribution in [3.05, 3.63) is 56.7 Å². The summed E-state index contributed by atoms with van der Waals surface area (Å²) in [5.41, 5.74) is 2.96. The van der Waals surface area contributed by atoms with Crippen LogP contribution in [-0.4, -0.2) is 16.1 Å². The van der Waals surface area contributed by atoms with E-state index in [4.69, 9.17) is 0 Å². The Balaban J connectivity index is 1.98. The van der Waals surface area contributed by atoms with Crippen molar-refractivity contribution in [1.82, 2.24) is 9.55 Å². The predicted octanol–water partition coefficient (Wildman–Crippen LogP) is 2.73. The second-order valence-corrected chi connectivity index (χ2v) is 5.23. The first-order valence-electron chi connectivity index (χ1n) is 6.10. The average Bonchev–Trinajstić information content (AvgIpc) is 2.41. The first-order chi connectivity index (χ1) is 9.08. The summed E-state index contributed by atoms with van der Waals surface area (Å²) in [6, 6.07) is 8.17. The molecule has 2 aromatic rings. The van der Waals surface area contributed by atoms with Crippen LogP contribution in [-0.2, 0) is 6.54 Å². The van der Waals surface area contributed by atoms with Gasteiger partial charge in [0.2, 0.25) is 0 Å². The number of anilines is 1. The van der Waals surface area contributed by atoms with E-state index in [1.165, 1.54) is 5.56 Å². The maximum absolute atomic E-state index is 11.9. The van der Waals surface area contributed by atoms with Gasteiger partial charge in [0.05, 0.1) is 12.0 Å². The molecule has 2 rings (SSSR count). The fraction of sp³-hybridized carbons (Fsp3) is 0.286. The Morgan fingerprint density at radius 3 is 2.63 bits per heavy atom. The van der Waals surface area contributed by atoms with Gasteiger partial charge in [-0.3, -0.25) is 9.36 Å². The van der Waals surface area contributed by atoms with Crippen LogP contribution in [0.1, 0.15) is 11.3 Å². The van der Waals surface area contributed by atoms with E-state index in [1.807, 2.05) is 12.1 Å². The Morgan fingerprint density at radius 2 is 1.95 bits per heavy atom. The first kappa shape index (κ1) is 13.8. The van der Waals surface area contributed by atoms with Gasteiger partial charge in [0.25, 0.3) is 5.56 Å². The fourth-order valence-electron chi connectivity index (χ4n) is 1.70. The number of hydrogen-bond donors (Lipinski definition) is 1. The number of rotatable bonds is 4. The highest BCUT2D eigenvalue weighted by atomic mass is 79.9. The molecule has 0 atom stereocenters. The molecule has 0 saturated heterocycles. The molecule has 0 amide bonds. The molecule has 0 bridgehead atoms. The van der Waals surface area contributed by atoms with Gasteiger partial charge in [0.15, 0.2) is 0 Å². The number of benzene rings is 1. The lowest BCUT2D eigenvalue weighted by Gasteiger charge is -2.09. The smallest absolute Gasteiger partial charge is 0.267 e. The van der Waals surface area contributed by atoms with Gasteiger partial charge in [-0.25, -0.2) is 4.98 Å². The fourth-order valence-corrected chi connectivity index (χ4v) is 2.03. The van der Waals surface area contributed by atoms with Crippen LogP contribution in [0, 0.1) is 13.8 Å². The summed E-state index contributed by atoms with van der Waals surface area (Å²) in [5.74, 6) is 0. The van der Waals surface area contributed by atoms with Crippen molar-refractivity contribution in [1.29, 1.82) is 0 Å². The number of nitrogens with zero attached hydrogens (tertiary/aromatic N) is 2. The summed E-state index contributed by atoms with van der Waals surface area (Å²) in [5, 5.41) is 3.28. The second-order valence-electron chi connectivity index (χ2n) is 4.44. The summed E-state index contributed by atoms with van der Waals surface area (Å²) >= 11 is 3.26. The van der Waals surface area contributed by atoms with E-state index in [2.05, 4.69) is 45.3 Å². The molecule has 4 nitrogen and oxygen atoms in total. The molecule has 0 spiro atoms. The minimum Gasteiger partial charge on any atom is -0.383 e. The molecule has 1 heterocycles. The number of halogens is 1. The van der Waals surface area contributed by atoms with Crippen molar-refractivity contribution in [2.24, 2.45) is 0 Å². The highest BCUT2D eigenvalue weighted by Gasteiger charge is 2.04. The van der Waals surface area contributed by atoms with Crippen LogP contribution in [0.4, 0.5) is 5.69 Å². The molecular formula is C14H16BrN3O. The molecule has 1 aromatic heterocycles. The van der Waals surface area contributed by atoms with E-state index in [1.54, 1.807) is 17.8 Å². The van der Waals surface area contributed by atoms with Crippen molar-refractivity contribution >= 4 is 21.6 Å². The minimum absolute atomic E-state index is 0.0433. The predicted molar refractivity (Wildman–Crippen MR) is 80.6 cm³/mol. The number of aryl methyl sites for hydroxylation is 2. The van der Waals surface area contributed by atoms with Crippen LogP contribution >= 0.6 is 15.9 Å². The molecule has 1 N–H and O–H groups in total. The van der Waals surface area contributed by atoms with Crippen LogP contribution in [0.25, 0.3) is 0 Å². The van der Waals surface area contributed by atoms with E-state index in [0.717, 1.165) is 5.69 Å². The third-order valence-corrected chi connectivity index (χ3v) is 3.80. The zero-order valence-electron chi connectivity index (χ0n) is 11.0. The lowest BCUT2D eigenvalue weighted by molar-refractivity contribution is 0.672. The Bertz CT molecular complexity index is 620. The van der Waals surface area contributed by atoms with E-state index in [9.17, 15) is 4.79 Å². The van der Waals surface area contributed by atoms with Gasteiger partial charge in [0.1, 0.15) is 4.47 Å². The molecule has 0 radical (unpaired) electrons. The molecular weight excluding hydrogens is 306 g/mol. The summed E-state index contributed by atoms with van der Waals surface area (Å²) in [7, 11) is 0. The second kappa shape index (κ2) is 6.02. The van der Waals surface area contributed by atoms with E-state index in [0.29, 0.717) is 23.3 Å². The van der Waals surface area contributed by atoms with Crippen molar-refractivity contribution in [2.75, 3.05) is 11.9 Å². The monoisotopic (exact) mass is 321 g/mol. The molecule has 0 aliphatic carbocycles. The van der Waals surface area contributed by atoms with Crippen LogP contribution in [0.15, 0.2) is 39.9 Å². The SMILES string of the molecule is Cc1ccc(NCCn2cnc(C)c(Br)c2=O)cc1. The molecule has 0 unspecified atom stereocenters. The molecule has 100 valence electrons. The summed E-state index contributed by atoms with van der Waals surface area (Å²) in [6.45, 7) is 5.12. The molecule has 0 saturated carbocycles. The van der Waals surface area contributed by atoms with Crippen LogP contribution in [0.2, 0.25) is 0 Å². The van der Waals surface area contributed by atoms with Crippen molar-refractivity contribution in [2.45, 2.75) is 20.4 Å². The van der Waals surface area contributed by atoms with Gasteiger partial charge in [-0.15, -0.1) is 0 Å². The van der Waals surface area contributed by atoms with Crippen molar-refractivity contribution < 1.29 is 0 Å². The maximum atomic E-state index is 11.9. The topological polar surface area (TPSA) is 46.9 Å². The minimum atomic E-state index is -0.0433. The summed E-state index contributed by atoms with van der Waals surface area (Å²) in [4.78, 5) is 16.1. The van der Waals surface area contributed by atoms with Crippen LogP contribution in [0.5, 0.6) is 0 Å². The summed E-state index contributed by atoms with van der Waals surface area (Å²) in [6.07, 6.45) is 1.58. The number of hydrogen-bond acceptors (Lipinski definition) is 3. The largest absolute Gasteiger partial charge is 0.383 e. The van der Waals surface area contributed by atoms with Gasteiger partial charge in [-0.1, -0.05) is 17.7 Å². The zero-order valence-corrected chi connectivity index (χ0v) is 12.6. The molecule has 19 heavy (non-hydrogen) atoms. The van der Waals surface area contributed by atoms with Crippen LogP contribution in [0.3, 0.4) is 0 Å². The van der Waals surface area contributed by atoms with Gasteiger partial charge in [0, 0.05) is 18.8 Å². The third kappa shape index (κ3) is 3.44. The van der Waals surface area contributed by atoms with Crippen molar-refractivity contribution in [3.8, 4) is 0 Å². The molecule has 0 aliphatic heterocycles. The zero-order chi connectivity index (χ0) is 13.8. The average molecular weight is 322 g/mol. The standard InChI is InChI=1S/C14H16BrN3O/c1-10-3-5-12(6-4-10)16-7-8-18-9-17-11(2)13(15)14(18)19/h3-6,9,16H,7-8H2,1-2H3. The van der Waals surface area contributed by atoms with E-state index in [-0.39, 0.29) is 5.56 Å². The lowest BCUT2D eigenvalue weighted by Crippen LogP contribution is -2.25. The Hall–Kier alpha value is -1.62. The number of aromatic nitrogens is 2. The molecule has 1 aromatic carbocycles. The van der Waals surface area contributed by atoms with E-state index >= 15 is 0 Å². The van der Waals surface area contributed by atoms with Crippen molar-refractivity contribution in [3.63, 3.8) is 0 Å². The highest BCUT2D eigenvalue weighted by molar-refractivity contribution is 9.10. The van der Waals surface area contributed by atoms with Gasteiger partial charge in [-0.05, 0) is 41.9 Å². The summed E-state index contributed by atoms with van der Waals surface area (Å²) < 4.78 is 2.13. The Labute approximate surface area is 120 Å². The Morgan fingerprint density at radius 1 is 1.26 bits per heavy atom. The number of nitrogens with one attached hydrogen (secondary N) is 1. The first-order valence-corrected chi connectivity index (χ1v) is 6.89. The van der Waals surface area contributed by atoms with Gasteiger partial charge < -0.3 is 5.32 Å². The molecule has 0 aliphatic rings. The lowest BCUT2D eigenvalue weighted by atomic mass is 10.2. The van der Waals surface area contributed by atoms with Gasteiger partial charge >= 0.3 is 0 Å². The third-order valence-electron chi connectivity index (χ3n) is 2.89. The van der Waals surface area contributed by atoms with Gasteiger partial charge in [-0.2, -0.15) is 0 Å². The maximum Gasteiger partial charge on any atom is 0.267 e. The molecule has 0 fully saturated rings. The van der Waals surface area contributed by atoms with E-state index < -0.39 is 0 Å². The quantitative estimate of drug-likeness (QED) is 0.941.